The van der Waals surface area contributed by atoms with Crippen LogP contribution in [-0.2, 0) is 11.3 Å². The number of aromatic amines is 1. The average molecular weight is 455 g/mol. The molecule has 5 nitrogen and oxygen atoms in total. The molecule has 0 radical (unpaired) electrons. The summed E-state index contributed by atoms with van der Waals surface area (Å²) in [5.74, 6) is 2.38. The summed E-state index contributed by atoms with van der Waals surface area (Å²) < 4.78 is 0. The molecule has 34 heavy (non-hydrogen) atoms. The van der Waals surface area contributed by atoms with Gasteiger partial charge in [-0.1, -0.05) is 62.4 Å². The lowest BCUT2D eigenvalue weighted by atomic mass is 9.68. The Kier molecular flexibility index (Phi) is 5.53. The van der Waals surface area contributed by atoms with Crippen molar-refractivity contribution in [3.63, 3.8) is 0 Å². The molecule has 3 N–H and O–H groups in total. The quantitative estimate of drug-likeness (QED) is 0.415. The van der Waals surface area contributed by atoms with Gasteiger partial charge in [-0.3, -0.25) is 9.89 Å². The first kappa shape index (κ1) is 21.6. The Morgan fingerprint density at radius 2 is 1.82 bits per heavy atom. The maximum absolute atomic E-state index is 12.4. The van der Waals surface area contributed by atoms with Crippen LogP contribution in [0.25, 0.3) is 0 Å². The molecule has 2 saturated carbocycles. The van der Waals surface area contributed by atoms with Crippen LogP contribution < -0.4 is 10.6 Å². The highest BCUT2D eigenvalue weighted by molar-refractivity contribution is 5.94. The van der Waals surface area contributed by atoms with Gasteiger partial charge >= 0.3 is 0 Å². The van der Waals surface area contributed by atoms with E-state index in [0.717, 1.165) is 31.2 Å². The molecule has 2 fully saturated rings. The van der Waals surface area contributed by atoms with Gasteiger partial charge in [0, 0.05) is 42.1 Å². The zero-order chi connectivity index (χ0) is 23.2. The van der Waals surface area contributed by atoms with Crippen molar-refractivity contribution < 1.29 is 4.79 Å². The van der Waals surface area contributed by atoms with E-state index in [1.54, 1.807) is 0 Å². The minimum atomic E-state index is 0.0478. The van der Waals surface area contributed by atoms with Gasteiger partial charge in [0.15, 0.2) is 5.82 Å². The molecular weight excluding hydrogens is 420 g/mol. The number of amides is 1. The van der Waals surface area contributed by atoms with E-state index in [-0.39, 0.29) is 11.8 Å². The molecule has 0 saturated heterocycles. The molecule has 0 spiro atoms. The van der Waals surface area contributed by atoms with Crippen LogP contribution in [0.3, 0.4) is 0 Å². The van der Waals surface area contributed by atoms with Crippen molar-refractivity contribution in [1.82, 2.24) is 15.5 Å². The summed E-state index contributed by atoms with van der Waals surface area (Å²) in [5, 5.41) is 14.5. The number of rotatable bonds is 7. The standard InChI is InChI=1S/C29H34N4O/c1-17(2)19-6-8-20(9-7-19)25-15-26(34)31-29-27(25)28(32-33-29)23-13-22(14-23)21-5-3-4-18(12-21)16-30-24-10-11-24/h3-9,12,17,22-25,30H,10-11,13-16H2,1-2H3,(H2,31,32,33,34). The summed E-state index contributed by atoms with van der Waals surface area (Å²) >= 11 is 0. The monoisotopic (exact) mass is 454 g/mol. The van der Waals surface area contributed by atoms with Gasteiger partial charge in [-0.05, 0) is 59.8 Å². The fourth-order valence-corrected chi connectivity index (χ4v) is 5.62. The van der Waals surface area contributed by atoms with Crippen LogP contribution in [-0.4, -0.2) is 22.1 Å². The first-order chi connectivity index (χ1) is 16.5. The summed E-state index contributed by atoms with van der Waals surface area (Å²) in [4.78, 5) is 12.4. The van der Waals surface area contributed by atoms with Crippen LogP contribution in [0.15, 0.2) is 48.5 Å². The van der Waals surface area contributed by atoms with E-state index < -0.39 is 0 Å². The minimum Gasteiger partial charge on any atom is -0.310 e. The van der Waals surface area contributed by atoms with Gasteiger partial charge in [0.1, 0.15) is 0 Å². The topological polar surface area (TPSA) is 69.8 Å². The van der Waals surface area contributed by atoms with Crippen molar-refractivity contribution in [2.45, 2.75) is 82.2 Å². The number of nitrogens with zero attached hydrogens (tertiary/aromatic N) is 1. The molecule has 5 heteroatoms. The number of benzene rings is 2. The van der Waals surface area contributed by atoms with E-state index in [1.165, 1.54) is 46.4 Å². The zero-order valence-electron chi connectivity index (χ0n) is 20.1. The van der Waals surface area contributed by atoms with Gasteiger partial charge < -0.3 is 10.6 Å². The number of H-pyrrole nitrogens is 1. The summed E-state index contributed by atoms with van der Waals surface area (Å²) in [6.45, 7) is 5.39. The fourth-order valence-electron chi connectivity index (χ4n) is 5.62. The van der Waals surface area contributed by atoms with Crippen LogP contribution >= 0.6 is 0 Å². The number of carbonyl (C=O) groups excluding carboxylic acids is 1. The predicted octanol–water partition coefficient (Wildman–Crippen LogP) is 5.92. The van der Waals surface area contributed by atoms with Gasteiger partial charge in [-0.2, -0.15) is 5.10 Å². The lowest BCUT2D eigenvalue weighted by molar-refractivity contribution is -0.116. The summed E-state index contributed by atoms with van der Waals surface area (Å²) in [7, 11) is 0. The van der Waals surface area contributed by atoms with E-state index in [0.29, 0.717) is 24.2 Å². The van der Waals surface area contributed by atoms with Gasteiger partial charge in [0.25, 0.3) is 0 Å². The van der Waals surface area contributed by atoms with Crippen LogP contribution in [0.5, 0.6) is 0 Å². The van der Waals surface area contributed by atoms with Crippen LogP contribution in [0.1, 0.15) is 103 Å². The van der Waals surface area contributed by atoms with E-state index in [1.807, 2.05) is 0 Å². The Morgan fingerprint density at radius 1 is 1.03 bits per heavy atom. The molecule has 1 unspecified atom stereocenters. The number of hydrogen-bond acceptors (Lipinski definition) is 3. The van der Waals surface area contributed by atoms with Crippen molar-refractivity contribution >= 4 is 11.7 Å². The minimum absolute atomic E-state index is 0.0478. The van der Waals surface area contributed by atoms with Crippen LogP contribution in [0.2, 0.25) is 0 Å². The van der Waals surface area contributed by atoms with Crippen molar-refractivity contribution in [3.05, 3.63) is 82.0 Å². The first-order valence-corrected chi connectivity index (χ1v) is 12.8. The maximum Gasteiger partial charge on any atom is 0.226 e. The van der Waals surface area contributed by atoms with E-state index in [4.69, 9.17) is 0 Å². The molecule has 176 valence electrons. The third-order valence-corrected chi connectivity index (χ3v) is 7.98. The van der Waals surface area contributed by atoms with Gasteiger partial charge in [-0.15, -0.1) is 0 Å². The van der Waals surface area contributed by atoms with E-state index >= 15 is 0 Å². The number of nitrogens with one attached hydrogen (secondary N) is 3. The molecule has 2 heterocycles. The van der Waals surface area contributed by atoms with Crippen LogP contribution in [0.4, 0.5) is 5.82 Å². The Hall–Kier alpha value is -2.92. The van der Waals surface area contributed by atoms with E-state index in [9.17, 15) is 4.79 Å². The molecule has 0 bridgehead atoms. The smallest absolute Gasteiger partial charge is 0.226 e. The fraction of sp³-hybridized carbons (Fsp3) is 0.448. The molecule has 2 aliphatic carbocycles. The number of fused-ring (bicyclic) bond motifs is 1. The third-order valence-electron chi connectivity index (χ3n) is 7.98. The second kappa shape index (κ2) is 8.70. The number of anilines is 1. The third kappa shape index (κ3) is 4.18. The van der Waals surface area contributed by atoms with Gasteiger partial charge in [-0.25, -0.2) is 0 Å². The molecule has 1 aliphatic heterocycles. The van der Waals surface area contributed by atoms with Crippen molar-refractivity contribution in [2.24, 2.45) is 0 Å². The van der Waals surface area contributed by atoms with Crippen molar-refractivity contribution in [2.75, 3.05) is 5.32 Å². The molecule has 3 aromatic rings. The normalized spacial score (nSPS) is 24.0. The van der Waals surface area contributed by atoms with Gasteiger partial charge in [0.2, 0.25) is 5.91 Å². The molecule has 2 aromatic carbocycles. The van der Waals surface area contributed by atoms with Crippen molar-refractivity contribution in [3.8, 4) is 0 Å². The Labute approximate surface area is 201 Å². The molecule has 1 amide bonds. The highest BCUT2D eigenvalue weighted by atomic mass is 16.1. The predicted molar refractivity (Wildman–Crippen MR) is 135 cm³/mol. The summed E-state index contributed by atoms with van der Waals surface area (Å²) in [6, 6.07) is 18.6. The zero-order valence-corrected chi connectivity index (χ0v) is 20.1. The molecular formula is C29H34N4O. The number of hydrogen-bond donors (Lipinski definition) is 3. The Bertz CT molecular complexity index is 1190. The highest BCUT2D eigenvalue weighted by Crippen LogP contribution is 2.51. The molecule has 3 aliphatic rings. The lowest BCUT2D eigenvalue weighted by Gasteiger charge is -2.37. The summed E-state index contributed by atoms with van der Waals surface area (Å²) in [6.07, 6.45) is 5.37. The van der Waals surface area contributed by atoms with E-state index in [2.05, 4.69) is 83.2 Å². The maximum atomic E-state index is 12.4. The number of carbonyl (C=O) groups is 1. The second-order valence-corrected chi connectivity index (χ2v) is 10.8. The SMILES string of the molecule is CC(C)c1ccc(C2CC(=O)Nc3n[nH]c(C4CC(c5cccc(CNC6CC6)c5)C4)c32)cc1. The highest BCUT2D eigenvalue weighted by Gasteiger charge is 2.39. The first-order valence-electron chi connectivity index (χ1n) is 12.8. The molecule has 6 rings (SSSR count). The van der Waals surface area contributed by atoms with Crippen LogP contribution in [0, 0.1) is 0 Å². The van der Waals surface area contributed by atoms with Gasteiger partial charge in [0.05, 0.1) is 0 Å². The number of aromatic nitrogens is 2. The van der Waals surface area contributed by atoms with Crippen molar-refractivity contribution in [1.29, 1.82) is 0 Å². The molecule has 1 aromatic heterocycles. The Morgan fingerprint density at radius 3 is 2.56 bits per heavy atom. The summed E-state index contributed by atoms with van der Waals surface area (Å²) in [5.41, 5.74) is 7.79. The molecule has 1 atom stereocenters. The Balaban J connectivity index is 1.20. The second-order valence-electron chi connectivity index (χ2n) is 10.8. The lowest BCUT2D eigenvalue weighted by Crippen LogP contribution is -2.26. The average Bonchev–Trinajstić information content (AvgIpc) is 3.56. The largest absolute Gasteiger partial charge is 0.310 e.